The number of morpholine rings is 1. The molecule has 29 heavy (non-hydrogen) atoms. The van der Waals surface area contributed by atoms with Gasteiger partial charge in [0.25, 0.3) is 0 Å². The molecule has 6 nitrogen and oxygen atoms in total. The number of benzene rings is 1. The number of aryl methyl sites for hydroxylation is 1. The molecule has 2 aliphatic rings. The third kappa shape index (κ3) is 4.93. The number of aromatic nitrogens is 2. The topological polar surface area (TPSA) is 56.6 Å². The Morgan fingerprint density at radius 1 is 1.31 bits per heavy atom. The standard InChI is InChI=1S/C22H28ClN3O3/c1-25-18(9-11-28-19-8-4-7-17(23)13-19)14-20(24-25)21-15-26(10-12-29-21)22(27)16-5-2-3-6-16/h4,7-8,13-14,16,21H,2-3,5-6,9-12,15H2,1H3. The van der Waals surface area contributed by atoms with Crippen LogP contribution in [0.5, 0.6) is 5.75 Å². The Morgan fingerprint density at radius 3 is 2.93 bits per heavy atom. The van der Waals surface area contributed by atoms with Gasteiger partial charge in [0.2, 0.25) is 5.91 Å². The summed E-state index contributed by atoms with van der Waals surface area (Å²) in [6.07, 6.45) is 4.97. The second-order valence-corrected chi connectivity index (χ2v) is 8.30. The summed E-state index contributed by atoms with van der Waals surface area (Å²) in [4.78, 5) is 14.7. The maximum Gasteiger partial charge on any atom is 0.225 e. The smallest absolute Gasteiger partial charge is 0.225 e. The van der Waals surface area contributed by atoms with Gasteiger partial charge in [0, 0.05) is 36.6 Å². The molecule has 0 N–H and O–H groups in total. The first kappa shape index (κ1) is 20.2. The maximum atomic E-state index is 12.8. The van der Waals surface area contributed by atoms with Gasteiger partial charge in [-0.25, -0.2) is 0 Å². The minimum Gasteiger partial charge on any atom is -0.493 e. The Kier molecular flexibility index (Phi) is 6.40. The zero-order valence-corrected chi connectivity index (χ0v) is 17.6. The van der Waals surface area contributed by atoms with E-state index in [4.69, 9.17) is 21.1 Å². The molecule has 1 atom stereocenters. The lowest BCUT2D eigenvalue weighted by Crippen LogP contribution is -2.44. The quantitative estimate of drug-likeness (QED) is 0.717. The third-order valence-electron chi connectivity index (χ3n) is 5.83. The van der Waals surface area contributed by atoms with Crippen molar-refractivity contribution in [3.05, 3.63) is 46.7 Å². The normalized spacial score (nSPS) is 20.2. The lowest BCUT2D eigenvalue weighted by molar-refractivity contribution is -0.143. The summed E-state index contributed by atoms with van der Waals surface area (Å²) in [7, 11) is 1.93. The van der Waals surface area contributed by atoms with Crippen molar-refractivity contribution in [1.82, 2.24) is 14.7 Å². The van der Waals surface area contributed by atoms with E-state index in [2.05, 4.69) is 11.2 Å². The Bertz CT molecular complexity index is 848. The van der Waals surface area contributed by atoms with Crippen molar-refractivity contribution in [2.45, 2.75) is 38.2 Å². The van der Waals surface area contributed by atoms with Gasteiger partial charge in [0.05, 0.1) is 25.5 Å². The van der Waals surface area contributed by atoms with Crippen LogP contribution in [0.15, 0.2) is 30.3 Å². The van der Waals surface area contributed by atoms with Gasteiger partial charge in [-0.2, -0.15) is 5.10 Å². The Hall–Kier alpha value is -2.05. The number of hydrogen-bond donors (Lipinski definition) is 0. The van der Waals surface area contributed by atoms with Crippen molar-refractivity contribution >= 4 is 17.5 Å². The molecule has 0 radical (unpaired) electrons. The average molecular weight is 418 g/mol. The summed E-state index contributed by atoms with van der Waals surface area (Å²) in [6, 6.07) is 9.47. The number of nitrogens with zero attached hydrogens (tertiary/aromatic N) is 3. The highest BCUT2D eigenvalue weighted by atomic mass is 35.5. The highest BCUT2D eigenvalue weighted by Crippen LogP contribution is 2.29. The SMILES string of the molecule is Cn1nc(C2CN(C(=O)C3CCCC3)CCO2)cc1CCOc1cccc(Cl)c1. The summed E-state index contributed by atoms with van der Waals surface area (Å²) in [5.41, 5.74) is 1.96. The number of carbonyl (C=O) groups is 1. The Labute approximate surface area is 176 Å². The van der Waals surface area contributed by atoms with Crippen LogP contribution in [0.2, 0.25) is 5.02 Å². The van der Waals surface area contributed by atoms with E-state index in [1.165, 1.54) is 12.8 Å². The van der Waals surface area contributed by atoms with Crippen LogP contribution in [0.25, 0.3) is 0 Å². The number of rotatable bonds is 6. The third-order valence-corrected chi connectivity index (χ3v) is 6.07. The lowest BCUT2D eigenvalue weighted by Gasteiger charge is -2.33. The second kappa shape index (κ2) is 9.18. The van der Waals surface area contributed by atoms with Gasteiger partial charge in [0.15, 0.2) is 0 Å². The predicted octanol–water partition coefficient (Wildman–Crippen LogP) is 3.79. The number of ether oxygens (including phenoxy) is 2. The van der Waals surface area contributed by atoms with Crippen LogP contribution in [-0.2, 0) is 23.0 Å². The summed E-state index contributed by atoms with van der Waals surface area (Å²) >= 11 is 5.99. The maximum absolute atomic E-state index is 12.8. The van der Waals surface area contributed by atoms with Crippen molar-refractivity contribution in [3.8, 4) is 5.75 Å². The first-order valence-electron chi connectivity index (χ1n) is 10.4. The summed E-state index contributed by atoms with van der Waals surface area (Å²) < 4.78 is 13.6. The molecule has 1 aromatic carbocycles. The molecular formula is C22H28ClN3O3. The molecule has 2 fully saturated rings. The minimum atomic E-state index is -0.164. The molecule has 1 aromatic heterocycles. The summed E-state index contributed by atoms with van der Waals surface area (Å²) in [6.45, 7) is 2.37. The van der Waals surface area contributed by atoms with E-state index < -0.39 is 0 Å². The van der Waals surface area contributed by atoms with E-state index in [0.717, 1.165) is 36.4 Å². The van der Waals surface area contributed by atoms with Crippen LogP contribution in [0.3, 0.4) is 0 Å². The zero-order chi connectivity index (χ0) is 20.2. The van der Waals surface area contributed by atoms with Crippen LogP contribution in [-0.4, -0.2) is 46.9 Å². The molecule has 2 heterocycles. The minimum absolute atomic E-state index is 0.164. The molecule has 1 saturated heterocycles. The van der Waals surface area contributed by atoms with E-state index in [-0.39, 0.29) is 12.0 Å². The van der Waals surface area contributed by atoms with Gasteiger partial charge in [-0.1, -0.05) is 30.5 Å². The van der Waals surface area contributed by atoms with E-state index in [0.29, 0.717) is 37.2 Å². The molecule has 4 rings (SSSR count). The first-order valence-corrected chi connectivity index (χ1v) is 10.8. The fourth-order valence-electron chi connectivity index (χ4n) is 4.21. The van der Waals surface area contributed by atoms with E-state index >= 15 is 0 Å². The van der Waals surface area contributed by atoms with Crippen LogP contribution in [0.1, 0.15) is 43.2 Å². The van der Waals surface area contributed by atoms with Crippen molar-refractivity contribution in [3.63, 3.8) is 0 Å². The molecule has 0 bridgehead atoms. The van der Waals surface area contributed by atoms with Gasteiger partial charge in [-0.15, -0.1) is 0 Å². The zero-order valence-electron chi connectivity index (χ0n) is 16.8. The van der Waals surface area contributed by atoms with Gasteiger partial charge in [0.1, 0.15) is 11.9 Å². The van der Waals surface area contributed by atoms with Crippen molar-refractivity contribution in [2.75, 3.05) is 26.3 Å². The van der Waals surface area contributed by atoms with Gasteiger partial charge >= 0.3 is 0 Å². The summed E-state index contributed by atoms with van der Waals surface area (Å²) in [5.74, 6) is 1.26. The molecule has 0 spiro atoms. The van der Waals surface area contributed by atoms with Gasteiger partial charge in [-0.05, 0) is 37.1 Å². The van der Waals surface area contributed by atoms with Crippen molar-refractivity contribution in [1.29, 1.82) is 0 Å². The monoisotopic (exact) mass is 417 g/mol. The Morgan fingerprint density at radius 2 is 2.14 bits per heavy atom. The molecule has 156 valence electrons. The molecule has 7 heteroatoms. The van der Waals surface area contributed by atoms with Gasteiger partial charge in [-0.3, -0.25) is 9.48 Å². The molecule has 1 aliphatic carbocycles. The van der Waals surface area contributed by atoms with Crippen LogP contribution in [0.4, 0.5) is 0 Å². The number of hydrogen-bond acceptors (Lipinski definition) is 4. The fraction of sp³-hybridized carbons (Fsp3) is 0.545. The van der Waals surface area contributed by atoms with E-state index in [1.54, 1.807) is 0 Å². The van der Waals surface area contributed by atoms with Crippen LogP contribution in [0, 0.1) is 5.92 Å². The van der Waals surface area contributed by atoms with Gasteiger partial charge < -0.3 is 14.4 Å². The first-order chi connectivity index (χ1) is 14.1. The van der Waals surface area contributed by atoms with Crippen molar-refractivity contribution < 1.29 is 14.3 Å². The molecule has 1 unspecified atom stereocenters. The lowest BCUT2D eigenvalue weighted by atomic mass is 10.1. The van der Waals surface area contributed by atoms with E-state index in [9.17, 15) is 4.79 Å². The highest BCUT2D eigenvalue weighted by Gasteiger charge is 2.32. The average Bonchev–Trinajstić information content (AvgIpc) is 3.38. The number of carbonyl (C=O) groups excluding carboxylic acids is 1. The fourth-order valence-corrected chi connectivity index (χ4v) is 4.39. The molecular weight excluding hydrogens is 390 g/mol. The second-order valence-electron chi connectivity index (χ2n) is 7.87. The number of halogens is 1. The Balaban J connectivity index is 1.34. The molecule has 1 saturated carbocycles. The molecule has 2 aromatic rings. The summed E-state index contributed by atoms with van der Waals surface area (Å²) in [5, 5.41) is 5.31. The van der Waals surface area contributed by atoms with E-state index in [1.807, 2.05) is 40.9 Å². The molecule has 1 aliphatic heterocycles. The van der Waals surface area contributed by atoms with Crippen LogP contribution >= 0.6 is 11.6 Å². The number of amides is 1. The van der Waals surface area contributed by atoms with Crippen LogP contribution < -0.4 is 4.74 Å². The molecule has 1 amide bonds. The van der Waals surface area contributed by atoms with Crippen molar-refractivity contribution in [2.24, 2.45) is 13.0 Å². The highest BCUT2D eigenvalue weighted by molar-refractivity contribution is 6.30. The predicted molar refractivity (Wildman–Crippen MR) is 111 cm³/mol. The largest absolute Gasteiger partial charge is 0.493 e.